The first-order chi connectivity index (χ1) is 21.8. The lowest BCUT2D eigenvalue weighted by Gasteiger charge is -2.34. The zero-order valence-electron chi connectivity index (χ0n) is 25.5. The van der Waals surface area contributed by atoms with Crippen LogP contribution in [-0.4, -0.2) is 77.7 Å². The highest BCUT2D eigenvalue weighted by atomic mass is 32.2. The summed E-state index contributed by atoms with van der Waals surface area (Å²) < 4.78 is 56.1. The van der Waals surface area contributed by atoms with Crippen LogP contribution in [0.15, 0.2) is 65.7 Å². The zero-order chi connectivity index (χ0) is 32.8. The minimum absolute atomic E-state index is 0.159. The van der Waals surface area contributed by atoms with Gasteiger partial charge in [0.2, 0.25) is 10.0 Å². The second-order valence-electron chi connectivity index (χ2n) is 12.0. The largest absolute Gasteiger partial charge is 0.369 e. The first kappa shape index (κ1) is 31.5. The Morgan fingerprint density at radius 1 is 1.00 bits per heavy atom. The van der Waals surface area contributed by atoms with Gasteiger partial charge in [0.25, 0.3) is 5.91 Å². The lowest BCUT2D eigenvalue weighted by molar-refractivity contribution is 0.0992. The molecule has 4 heterocycles. The summed E-state index contributed by atoms with van der Waals surface area (Å²) in [5.41, 5.74) is 1.78. The molecular weight excluding hydrogens is 616 g/mol. The molecule has 6 rings (SSSR count). The van der Waals surface area contributed by atoms with Gasteiger partial charge in [-0.1, -0.05) is 6.07 Å². The number of hydrogen-bond acceptors (Lipinski definition) is 8. The predicted octanol–water partition coefficient (Wildman–Crippen LogP) is 3.95. The lowest BCUT2D eigenvalue weighted by atomic mass is 9.98. The van der Waals surface area contributed by atoms with Crippen molar-refractivity contribution in [2.75, 3.05) is 43.4 Å². The van der Waals surface area contributed by atoms with Gasteiger partial charge in [-0.15, -0.1) is 0 Å². The minimum Gasteiger partial charge on any atom is -0.369 e. The van der Waals surface area contributed by atoms with E-state index in [0.29, 0.717) is 28.7 Å². The van der Waals surface area contributed by atoms with Gasteiger partial charge in [-0.3, -0.25) is 19.7 Å². The third-order valence-electron chi connectivity index (χ3n) is 8.54. The average Bonchev–Trinajstić information content (AvgIpc) is 3.55. The lowest BCUT2D eigenvalue weighted by Crippen LogP contribution is -2.44. The molecule has 2 aromatic heterocycles. The molecule has 4 aromatic rings. The number of benzene rings is 2. The molecule has 0 aliphatic carbocycles. The molecule has 0 unspecified atom stereocenters. The second kappa shape index (κ2) is 12.0. The minimum atomic E-state index is -4.34. The van der Waals surface area contributed by atoms with Crippen LogP contribution in [0.4, 0.5) is 20.2 Å². The number of aromatic amines is 1. The van der Waals surface area contributed by atoms with Crippen LogP contribution in [0.1, 0.15) is 51.6 Å². The Bertz CT molecular complexity index is 1900. The Morgan fingerprint density at radius 3 is 2.39 bits per heavy atom. The maximum absolute atomic E-state index is 14.0. The van der Waals surface area contributed by atoms with Gasteiger partial charge < -0.3 is 15.1 Å². The number of Topliss-reactive ketones (excluding diaryl/α,β-unsaturated/α-hetero) is 1. The van der Waals surface area contributed by atoms with E-state index in [-0.39, 0.29) is 30.0 Å². The number of nitrogens with one attached hydrogen (secondary N) is 2. The van der Waals surface area contributed by atoms with E-state index in [1.54, 1.807) is 44.2 Å². The molecule has 11 nitrogen and oxygen atoms in total. The van der Waals surface area contributed by atoms with E-state index in [0.717, 1.165) is 48.3 Å². The summed E-state index contributed by atoms with van der Waals surface area (Å²) in [4.78, 5) is 35.0. The van der Waals surface area contributed by atoms with Crippen molar-refractivity contribution < 1.29 is 26.8 Å². The van der Waals surface area contributed by atoms with Crippen LogP contribution < -0.4 is 10.2 Å². The number of pyridine rings is 1. The van der Waals surface area contributed by atoms with Crippen molar-refractivity contribution in [3.05, 3.63) is 101 Å². The topological polar surface area (TPSA) is 132 Å². The van der Waals surface area contributed by atoms with Crippen molar-refractivity contribution in [1.82, 2.24) is 24.4 Å². The van der Waals surface area contributed by atoms with Gasteiger partial charge in [0.1, 0.15) is 17.3 Å². The molecular formula is C32H33F2N7O4S. The number of carbonyl (C=O) groups excluding carboxylic acids is 2. The van der Waals surface area contributed by atoms with Crippen LogP contribution in [0.2, 0.25) is 0 Å². The molecule has 2 aliphatic rings. The van der Waals surface area contributed by atoms with E-state index in [1.807, 2.05) is 6.07 Å². The summed E-state index contributed by atoms with van der Waals surface area (Å²) in [6.45, 7) is 6.44. The molecule has 2 aliphatic heterocycles. The average molecular weight is 650 g/mol. The van der Waals surface area contributed by atoms with Crippen LogP contribution in [-0.2, 0) is 28.5 Å². The fourth-order valence-electron chi connectivity index (χ4n) is 5.95. The molecule has 2 aromatic carbocycles. The molecule has 1 saturated heterocycles. The fraction of sp³-hybridized carbons (Fsp3) is 0.312. The van der Waals surface area contributed by atoms with E-state index < -0.39 is 38.0 Å². The van der Waals surface area contributed by atoms with Gasteiger partial charge in [0.15, 0.2) is 5.78 Å². The number of H-pyrrole nitrogens is 1. The van der Waals surface area contributed by atoms with Gasteiger partial charge in [0, 0.05) is 67.5 Å². The highest BCUT2D eigenvalue weighted by molar-refractivity contribution is 7.89. The summed E-state index contributed by atoms with van der Waals surface area (Å²) in [5.74, 6) is -2.82. The van der Waals surface area contributed by atoms with Crippen LogP contribution in [0.25, 0.3) is 0 Å². The van der Waals surface area contributed by atoms with Crippen LogP contribution >= 0.6 is 0 Å². The Kier molecular flexibility index (Phi) is 8.21. The van der Waals surface area contributed by atoms with Crippen LogP contribution in [0.5, 0.6) is 0 Å². The zero-order valence-corrected chi connectivity index (χ0v) is 26.4. The summed E-state index contributed by atoms with van der Waals surface area (Å²) in [5, 5.41) is 10.1. The third-order valence-corrected chi connectivity index (χ3v) is 10.5. The maximum Gasteiger partial charge on any atom is 0.274 e. The Balaban J connectivity index is 1.29. The quantitative estimate of drug-likeness (QED) is 0.275. The first-order valence-electron chi connectivity index (χ1n) is 14.7. The highest BCUT2D eigenvalue weighted by Crippen LogP contribution is 2.43. The Hall–Kier alpha value is -4.53. The van der Waals surface area contributed by atoms with Crippen LogP contribution in [0.3, 0.4) is 0 Å². The molecule has 2 N–H and O–H groups in total. The number of ketones is 1. The Labute approximate surface area is 265 Å². The number of carbonyl (C=O) groups is 2. The molecule has 1 amide bonds. The van der Waals surface area contributed by atoms with Gasteiger partial charge in [-0.05, 0) is 63.4 Å². The van der Waals surface area contributed by atoms with E-state index in [1.165, 1.54) is 6.20 Å². The van der Waals surface area contributed by atoms with Crippen molar-refractivity contribution in [1.29, 1.82) is 0 Å². The Morgan fingerprint density at radius 2 is 1.72 bits per heavy atom. The van der Waals surface area contributed by atoms with E-state index in [9.17, 15) is 26.8 Å². The number of rotatable bonds is 8. The number of nitrogens with zero attached hydrogens (tertiary/aromatic N) is 5. The van der Waals surface area contributed by atoms with E-state index >= 15 is 0 Å². The smallest absolute Gasteiger partial charge is 0.274 e. The van der Waals surface area contributed by atoms with Crippen LogP contribution in [0, 0.1) is 11.6 Å². The molecule has 14 heteroatoms. The summed E-state index contributed by atoms with van der Waals surface area (Å²) in [7, 11) is -2.28. The monoisotopic (exact) mass is 649 g/mol. The summed E-state index contributed by atoms with van der Waals surface area (Å²) in [6.07, 6.45) is 1.34. The number of aromatic nitrogens is 3. The van der Waals surface area contributed by atoms with Crippen molar-refractivity contribution in [3.63, 3.8) is 0 Å². The van der Waals surface area contributed by atoms with E-state index in [4.69, 9.17) is 0 Å². The van der Waals surface area contributed by atoms with Crippen molar-refractivity contribution in [3.8, 4) is 0 Å². The van der Waals surface area contributed by atoms with Gasteiger partial charge in [-0.25, -0.2) is 17.2 Å². The van der Waals surface area contributed by atoms with E-state index in [2.05, 4.69) is 37.3 Å². The number of hydrogen-bond donors (Lipinski definition) is 2. The standard InChI is InChI=1S/C32H33F2N7O4S/c1-32(2)30-25(19-41(32)46(44,45)23-15-20(33)14-21(34)16-23)28(37-38-30)18-29(42)24-8-7-22(40-12-10-39(3)11-13-40)17-27(24)36-31(43)26-6-4-5-9-35-26/h4-9,14-17H,10-13,18-19H2,1-3H3,(H,36,43)(H,37,38). The van der Waals surface area contributed by atoms with Crippen molar-refractivity contribution in [2.45, 2.75) is 37.2 Å². The number of sulfonamides is 1. The van der Waals surface area contributed by atoms with Crippen molar-refractivity contribution >= 4 is 33.1 Å². The summed E-state index contributed by atoms with van der Waals surface area (Å²) in [6, 6.07) is 12.4. The predicted molar refractivity (Wildman–Crippen MR) is 167 cm³/mol. The molecule has 1 fully saturated rings. The molecule has 0 radical (unpaired) electrons. The highest BCUT2D eigenvalue weighted by Gasteiger charge is 2.48. The number of anilines is 2. The van der Waals surface area contributed by atoms with Gasteiger partial charge in [-0.2, -0.15) is 9.40 Å². The summed E-state index contributed by atoms with van der Waals surface area (Å²) >= 11 is 0. The van der Waals surface area contributed by atoms with Crippen molar-refractivity contribution in [2.24, 2.45) is 0 Å². The fourth-order valence-corrected chi connectivity index (χ4v) is 7.72. The number of piperazine rings is 1. The molecule has 0 atom stereocenters. The first-order valence-corrected chi connectivity index (χ1v) is 16.2. The number of halogens is 2. The third kappa shape index (κ3) is 5.90. The molecule has 0 bridgehead atoms. The second-order valence-corrected chi connectivity index (χ2v) is 13.9. The SMILES string of the molecule is CN1CCN(c2ccc(C(=O)Cc3[nH]nc4c3CN(S(=O)(=O)c3cc(F)cc(F)c3)C4(C)C)c(NC(=O)c3ccccn3)c2)CC1. The molecule has 0 spiro atoms. The van der Waals surface area contributed by atoms with Gasteiger partial charge in [0.05, 0.1) is 28.2 Å². The normalized spacial score (nSPS) is 16.8. The number of likely N-dealkylation sites (N-methyl/N-ethyl adjacent to an activating group) is 1. The number of fused-ring (bicyclic) bond motifs is 1. The molecule has 0 saturated carbocycles. The maximum atomic E-state index is 14.0. The molecule has 240 valence electrons. The number of amides is 1. The van der Waals surface area contributed by atoms with Gasteiger partial charge >= 0.3 is 0 Å². The molecule has 46 heavy (non-hydrogen) atoms.